The number of hydrogen-bond acceptors (Lipinski definition) is 4. The van der Waals surface area contributed by atoms with Gasteiger partial charge in [0.05, 0.1) is 16.1 Å². The first kappa shape index (κ1) is 24.5. The summed E-state index contributed by atoms with van der Waals surface area (Å²) in [6.07, 6.45) is -9.94. The lowest BCUT2D eigenvalue weighted by Gasteiger charge is -2.16. The Morgan fingerprint density at radius 3 is 1.79 bits per heavy atom. The van der Waals surface area contributed by atoms with Crippen LogP contribution in [0.25, 0.3) is 0 Å². The quantitative estimate of drug-likeness (QED) is 0.278. The molecule has 33 heavy (non-hydrogen) atoms. The number of benzene rings is 2. The van der Waals surface area contributed by atoms with Gasteiger partial charge in [0.1, 0.15) is 5.69 Å². The van der Waals surface area contributed by atoms with E-state index in [0.717, 1.165) is 5.01 Å². The first-order valence-electron chi connectivity index (χ1n) is 9.02. The number of alkyl halides is 6. The van der Waals surface area contributed by atoms with Crippen molar-refractivity contribution in [1.29, 1.82) is 0 Å². The van der Waals surface area contributed by atoms with Crippen molar-refractivity contribution < 1.29 is 31.1 Å². The molecule has 0 atom stereocenters. The number of thiocarbonyl (C=S) groups is 1. The van der Waals surface area contributed by atoms with Gasteiger partial charge in [-0.25, -0.2) is 4.98 Å². The van der Waals surface area contributed by atoms with Crippen LogP contribution < -0.4 is 16.0 Å². The van der Waals surface area contributed by atoms with Crippen LogP contribution in [-0.2, 0) is 12.4 Å². The van der Waals surface area contributed by atoms with Crippen molar-refractivity contribution in [2.24, 2.45) is 0 Å². The van der Waals surface area contributed by atoms with E-state index in [0.29, 0.717) is 23.5 Å². The summed E-state index contributed by atoms with van der Waals surface area (Å²) in [4.78, 5) is 16.2. The molecule has 3 aromatic rings. The van der Waals surface area contributed by atoms with E-state index in [1.807, 2.05) is 0 Å². The predicted octanol–water partition coefficient (Wildman–Crippen LogP) is 6.55. The van der Waals surface area contributed by atoms with Crippen LogP contribution in [-0.4, -0.2) is 16.0 Å². The number of amides is 1. The zero-order chi connectivity index (χ0) is 24.4. The van der Waals surface area contributed by atoms with Crippen LogP contribution in [0, 0.1) is 6.92 Å². The molecule has 1 amide bonds. The van der Waals surface area contributed by atoms with E-state index >= 15 is 0 Å². The van der Waals surface area contributed by atoms with E-state index in [4.69, 9.17) is 12.2 Å². The van der Waals surface area contributed by atoms with E-state index in [1.54, 1.807) is 12.3 Å². The minimum Gasteiger partial charge on any atom is -0.332 e. The molecule has 13 heteroatoms. The highest BCUT2D eigenvalue weighted by Crippen LogP contribution is 2.37. The lowest BCUT2D eigenvalue weighted by Crippen LogP contribution is -2.20. The molecular formula is C20H14F6N4OS2. The third-order valence-electron chi connectivity index (χ3n) is 4.10. The number of hydrogen-bond donors (Lipinski definition) is 3. The van der Waals surface area contributed by atoms with E-state index in [1.165, 1.54) is 35.6 Å². The highest BCUT2D eigenvalue weighted by atomic mass is 32.1. The topological polar surface area (TPSA) is 66.0 Å². The van der Waals surface area contributed by atoms with Crippen LogP contribution >= 0.6 is 23.6 Å². The molecule has 174 valence electrons. The maximum atomic E-state index is 13.0. The minimum absolute atomic E-state index is 0.0294. The van der Waals surface area contributed by atoms with Crippen molar-refractivity contribution in [2.45, 2.75) is 19.3 Å². The van der Waals surface area contributed by atoms with Crippen molar-refractivity contribution >= 4 is 51.6 Å². The SMILES string of the molecule is Cc1nc(C(=O)Nc2ccc(NC(=S)Nc3cc(C(F)(F)F)cc(C(F)(F)F)c3)cc2)cs1. The Labute approximate surface area is 192 Å². The molecule has 1 aromatic heterocycles. The van der Waals surface area contributed by atoms with E-state index < -0.39 is 35.1 Å². The molecule has 0 fully saturated rings. The summed E-state index contributed by atoms with van der Waals surface area (Å²) >= 11 is 6.33. The molecule has 0 aliphatic carbocycles. The number of carbonyl (C=O) groups excluding carboxylic acids is 1. The Balaban J connectivity index is 1.67. The fourth-order valence-corrected chi connectivity index (χ4v) is 3.45. The second-order valence-corrected chi connectivity index (χ2v) is 8.13. The molecule has 0 aliphatic rings. The summed E-state index contributed by atoms with van der Waals surface area (Å²) in [7, 11) is 0. The lowest BCUT2D eigenvalue weighted by atomic mass is 10.1. The molecule has 0 aliphatic heterocycles. The zero-order valence-corrected chi connectivity index (χ0v) is 18.2. The maximum Gasteiger partial charge on any atom is 0.416 e. The number of nitrogens with zero attached hydrogens (tertiary/aromatic N) is 1. The van der Waals surface area contributed by atoms with Crippen LogP contribution in [0.4, 0.5) is 43.4 Å². The fourth-order valence-electron chi connectivity index (χ4n) is 2.62. The van der Waals surface area contributed by atoms with Crippen molar-refractivity contribution in [1.82, 2.24) is 4.98 Å². The number of aryl methyl sites for hydroxylation is 1. The van der Waals surface area contributed by atoms with Crippen molar-refractivity contribution in [3.8, 4) is 0 Å². The first-order valence-corrected chi connectivity index (χ1v) is 10.3. The number of rotatable bonds is 4. The van der Waals surface area contributed by atoms with Gasteiger partial charge in [-0.1, -0.05) is 0 Å². The lowest BCUT2D eigenvalue weighted by molar-refractivity contribution is -0.143. The van der Waals surface area contributed by atoms with Crippen LogP contribution in [0.2, 0.25) is 0 Å². The Bertz CT molecular complexity index is 1140. The fraction of sp³-hybridized carbons (Fsp3) is 0.150. The van der Waals surface area contributed by atoms with Gasteiger partial charge in [-0.05, 0) is 61.6 Å². The molecule has 3 rings (SSSR count). The molecule has 0 saturated heterocycles. The van der Waals surface area contributed by atoms with Gasteiger partial charge in [-0.3, -0.25) is 4.79 Å². The average molecular weight is 504 g/mol. The van der Waals surface area contributed by atoms with Gasteiger partial charge < -0.3 is 16.0 Å². The number of carbonyl (C=O) groups is 1. The summed E-state index contributed by atoms with van der Waals surface area (Å²) in [5.41, 5.74) is -2.29. The molecule has 1 heterocycles. The largest absolute Gasteiger partial charge is 0.416 e. The van der Waals surface area contributed by atoms with Crippen LogP contribution in [0.5, 0.6) is 0 Å². The number of thiazole rings is 1. The Morgan fingerprint density at radius 2 is 1.33 bits per heavy atom. The number of halogens is 6. The smallest absolute Gasteiger partial charge is 0.332 e. The molecule has 2 aromatic carbocycles. The van der Waals surface area contributed by atoms with Crippen LogP contribution in [0.1, 0.15) is 26.6 Å². The number of aromatic nitrogens is 1. The summed E-state index contributed by atoms with van der Waals surface area (Å²) in [5, 5.41) is 9.76. The zero-order valence-electron chi connectivity index (χ0n) is 16.6. The van der Waals surface area contributed by atoms with Gasteiger partial charge in [-0.15, -0.1) is 11.3 Å². The van der Waals surface area contributed by atoms with Gasteiger partial charge in [-0.2, -0.15) is 26.3 Å². The van der Waals surface area contributed by atoms with E-state index in [-0.39, 0.29) is 16.9 Å². The molecule has 0 radical (unpaired) electrons. The monoisotopic (exact) mass is 504 g/mol. The maximum absolute atomic E-state index is 13.0. The summed E-state index contributed by atoms with van der Waals surface area (Å²) in [6.45, 7) is 1.77. The first-order chi connectivity index (χ1) is 15.3. The molecule has 0 unspecified atom stereocenters. The van der Waals surface area contributed by atoms with Gasteiger partial charge in [0.15, 0.2) is 5.11 Å². The van der Waals surface area contributed by atoms with Gasteiger partial charge >= 0.3 is 12.4 Å². The molecule has 0 bridgehead atoms. The second kappa shape index (κ2) is 9.35. The van der Waals surface area contributed by atoms with Crippen molar-refractivity contribution in [2.75, 3.05) is 16.0 Å². The van der Waals surface area contributed by atoms with Gasteiger partial charge in [0.25, 0.3) is 5.91 Å². The van der Waals surface area contributed by atoms with Crippen molar-refractivity contribution in [3.63, 3.8) is 0 Å². The van der Waals surface area contributed by atoms with Crippen molar-refractivity contribution in [3.05, 3.63) is 69.7 Å². The third kappa shape index (κ3) is 6.65. The minimum atomic E-state index is -4.97. The third-order valence-corrected chi connectivity index (χ3v) is 5.08. The van der Waals surface area contributed by atoms with E-state index in [9.17, 15) is 31.1 Å². The Kier molecular flexibility index (Phi) is 6.93. The standard InChI is InChI=1S/C20H14F6N4OS2/c1-10-27-16(9-33-10)17(31)28-13-2-4-14(5-3-13)29-18(32)30-15-7-11(19(21,22)23)6-12(8-15)20(24,25)26/h2-9H,1H3,(H,28,31)(H2,29,30,32). The Morgan fingerprint density at radius 1 is 0.848 bits per heavy atom. The van der Waals surface area contributed by atoms with Gasteiger partial charge in [0, 0.05) is 22.4 Å². The van der Waals surface area contributed by atoms with Gasteiger partial charge in [0.2, 0.25) is 0 Å². The van der Waals surface area contributed by atoms with E-state index in [2.05, 4.69) is 20.9 Å². The molecule has 0 spiro atoms. The molecule has 3 N–H and O–H groups in total. The second-order valence-electron chi connectivity index (χ2n) is 6.66. The number of anilines is 3. The Hall–Kier alpha value is -3.19. The predicted molar refractivity (Wildman–Crippen MR) is 118 cm³/mol. The normalized spacial score (nSPS) is 11.7. The average Bonchev–Trinajstić information content (AvgIpc) is 3.14. The highest BCUT2D eigenvalue weighted by molar-refractivity contribution is 7.80. The number of nitrogens with one attached hydrogen (secondary N) is 3. The van der Waals surface area contributed by atoms with Crippen LogP contribution in [0.3, 0.4) is 0 Å². The summed E-state index contributed by atoms with van der Waals surface area (Å²) < 4.78 is 77.9. The molecular weight excluding hydrogens is 490 g/mol. The summed E-state index contributed by atoms with van der Waals surface area (Å²) in [5.74, 6) is -0.401. The molecule has 0 saturated carbocycles. The van der Waals surface area contributed by atoms with Crippen LogP contribution in [0.15, 0.2) is 47.8 Å². The highest BCUT2D eigenvalue weighted by Gasteiger charge is 2.37. The summed E-state index contributed by atoms with van der Waals surface area (Å²) in [6, 6.07) is 7.19. The molecule has 5 nitrogen and oxygen atoms in total.